The van der Waals surface area contributed by atoms with Crippen molar-refractivity contribution in [2.24, 2.45) is 34.8 Å². The highest BCUT2D eigenvalue weighted by Crippen LogP contribution is 2.55. The van der Waals surface area contributed by atoms with Crippen LogP contribution in [-0.2, 0) is 16.2 Å². The van der Waals surface area contributed by atoms with Crippen LogP contribution < -0.4 is 21.1 Å². The van der Waals surface area contributed by atoms with Gasteiger partial charge in [-0.1, -0.05) is 51.1 Å². The van der Waals surface area contributed by atoms with Crippen molar-refractivity contribution >= 4 is 11.8 Å². The highest BCUT2D eigenvalue weighted by Gasteiger charge is 2.53. The van der Waals surface area contributed by atoms with Crippen molar-refractivity contribution in [1.29, 1.82) is 0 Å². The number of carbonyl (C=O) groups is 2. The Morgan fingerprint density at radius 2 is 1.95 bits per heavy atom. The quantitative estimate of drug-likeness (QED) is 0.350. The molecule has 0 aromatic heterocycles. The fraction of sp³-hybridized carbons (Fsp3) is 0.588. The molecule has 0 radical (unpaired) electrons. The van der Waals surface area contributed by atoms with Crippen LogP contribution in [0.25, 0.3) is 11.1 Å². The molecule has 1 aliphatic heterocycles. The Bertz CT molecular complexity index is 1330. The SMILES string of the molecule is CNC(=O)c1cccc(-c2cccc(CN3O[C@@H](CN)[C@H]([C@H](C)O)[C@H]3C(=O)N[C@H]3C4CC[C@@H]([C@@H]3C)C(C)(C)C4)c2OC)c1. The van der Waals surface area contributed by atoms with E-state index in [2.05, 4.69) is 31.4 Å². The van der Waals surface area contributed by atoms with Gasteiger partial charge in [0.2, 0.25) is 5.91 Å². The molecule has 43 heavy (non-hydrogen) atoms. The average Bonchev–Trinajstić information content (AvgIpc) is 3.36. The smallest absolute Gasteiger partial charge is 0.251 e. The molecule has 3 saturated carbocycles. The van der Waals surface area contributed by atoms with Gasteiger partial charge in [-0.15, -0.1) is 0 Å². The zero-order chi connectivity index (χ0) is 31.1. The first-order valence-corrected chi connectivity index (χ1v) is 15.6. The number of methoxy groups -OCH3 is 1. The van der Waals surface area contributed by atoms with E-state index < -0.39 is 24.2 Å². The minimum atomic E-state index is -0.797. The number of nitrogens with two attached hydrogens (primary N) is 1. The number of aliphatic hydroxyl groups is 1. The maximum atomic E-state index is 14.2. The lowest BCUT2D eigenvalue weighted by molar-refractivity contribution is -0.175. The Kier molecular flexibility index (Phi) is 9.18. The third-order valence-corrected chi connectivity index (χ3v) is 10.4. The highest BCUT2D eigenvalue weighted by atomic mass is 16.7. The number of hydroxylamine groups is 2. The molecule has 1 unspecified atom stereocenters. The van der Waals surface area contributed by atoms with Crippen LogP contribution in [-0.4, -0.2) is 67.0 Å². The molecule has 9 nitrogen and oxygen atoms in total. The van der Waals surface area contributed by atoms with Gasteiger partial charge in [0.1, 0.15) is 11.8 Å². The van der Waals surface area contributed by atoms with Gasteiger partial charge in [0.25, 0.3) is 5.91 Å². The molecule has 2 aromatic carbocycles. The molecule has 1 heterocycles. The number of nitrogens with one attached hydrogen (secondary N) is 2. The van der Waals surface area contributed by atoms with Crippen LogP contribution in [0.3, 0.4) is 0 Å². The topological polar surface area (TPSA) is 126 Å². The summed E-state index contributed by atoms with van der Waals surface area (Å²) in [4.78, 5) is 32.8. The lowest BCUT2D eigenvalue weighted by Gasteiger charge is -2.56. The maximum Gasteiger partial charge on any atom is 0.251 e. The van der Waals surface area contributed by atoms with E-state index in [4.69, 9.17) is 15.3 Å². The Morgan fingerprint density at radius 1 is 1.21 bits per heavy atom. The summed E-state index contributed by atoms with van der Waals surface area (Å²) < 4.78 is 5.92. The molecule has 4 aliphatic rings. The molecule has 4 fully saturated rings. The standard InChI is InChI=1S/C34H48N4O5/c1-19-26-14-13-23(16-34(26,3)4)29(19)37-33(41)30-28(20(2)39)27(17-35)43-38(30)18-24-11-8-12-25(31(24)42-6)21-9-7-10-22(15-21)32(40)36-5/h7-12,15,19-20,23,26-30,39H,13-14,16-18,35H2,1-6H3,(H,36,40)(H,37,41)/t19-,20-,23?,26-,27-,28-,29+,30-/m0/s1. The summed E-state index contributed by atoms with van der Waals surface area (Å²) in [5, 5.41) is 18.7. The van der Waals surface area contributed by atoms with Crippen molar-refractivity contribution in [1.82, 2.24) is 15.7 Å². The van der Waals surface area contributed by atoms with Gasteiger partial charge in [-0.25, -0.2) is 0 Å². The van der Waals surface area contributed by atoms with E-state index in [0.717, 1.165) is 29.5 Å². The van der Waals surface area contributed by atoms with Gasteiger partial charge >= 0.3 is 0 Å². The molecule has 5 N–H and O–H groups in total. The molecule has 234 valence electrons. The summed E-state index contributed by atoms with van der Waals surface area (Å²) in [6.07, 6.45) is 2.14. The highest BCUT2D eigenvalue weighted by molar-refractivity contribution is 5.95. The minimum Gasteiger partial charge on any atom is -0.496 e. The Morgan fingerprint density at radius 3 is 2.58 bits per heavy atom. The molecule has 9 heteroatoms. The molecular formula is C34H48N4O5. The third-order valence-electron chi connectivity index (χ3n) is 10.4. The van der Waals surface area contributed by atoms with Crippen LogP contribution >= 0.6 is 0 Å². The van der Waals surface area contributed by atoms with E-state index in [9.17, 15) is 14.7 Å². The van der Waals surface area contributed by atoms with Gasteiger partial charge in [-0.05, 0) is 67.1 Å². The summed E-state index contributed by atoms with van der Waals surface area (Å²) in [5.41, 5.74) is 9.42. The Hall–Kier alpha value is -2.98. The average molecular weight is 593 g/mol. The molecule has 8 atom stereocenters. The summed E-state index contributed by atoms with van der Waals surface area (Å²) in [5.74, 6) is 1.22. The van der Waals surface area contributed by atoms with Crippen LogP contribution in [0.1, 0.15) is 62.9 Å². The fourth-order valence-electron chi connectivity index (χ4n) is 8.41. The molecule has 3 aliphatic carbocycles. The van der Waals surface area contributed by atoms with E-state index in [1.54, 1.807) is 32.2 Å². The number of hydrogen-bond acceptors (Lipinski definition) is 7. The summed E-state index contributed by atoms with van der Waals surface area (Å²) in [6, 6.07) is 12.6. The van der Waals surface area contributed by atoms with Crippen molar-refractivity contribution in [3.8, 4) is 16.9 Å². The van der Waals surface area contributed by atoms with E-state index in [-0.39, 0.29) is 36.4 Å². The molecule has 6 rings (SSSR count). The summed E-state index contributed by atoms with van der Waals surface area (Å²) in [7, 11) is 3.22. The number of ether oxygens (including phenoxy) is 1. The predicted octanol–water partition coefficient (Wildman–Crippen LogP) is 3.74. The predicted molar refractivity (Wildman–Crippen MR) is 166 cm³/mol. The van der Waals surface area contributed by atoms with Crippen LogP contribution in [0.4, 0.5) is 0 Å². The molecule has 2 aromatic rings. The summed E-state index contributed by atoms with van der Waals surface area (Å²) in [6.45, 7) is 9.12. The normalized spacial score (nSPS) is 30.6. The van der Waals surface area contributed by atoms with Gasteiger partial charge in [-0.3, -0.25) is 14.4 Å². The second-order valence-electron chi connectivity index (χ2n) is 13.4. The zero-order valence-electron chi connectivity index (χ0n) is 26.3. The van der Waals surface area contributed by atoms with Gasteiger partial charge in [0, 0.05) is 42.2 Å². The van der Waals surface area contributed by atoms with Gasteiger partial charge < -0.3 is 26.2 Å². The minimum absolute atomic E-state index is 0.0955. The first kappa shape index (κ1) is 31.4. The fourth-order valence-corrected chi connectivity index (χ4v) is 8.41. The number of nitrogens with zero attached hydrogens (tertiary/aromatic N) is 1. The number of carbonyl (C=O) groups excluding carboxylic acids is 2. The van der Waals surface area contributed by atoms with E-state index in [1.165, 1.54) is 6.42 Å². The number of para-hydroxylation sites is 1. The van der Waals surface area contributed by atoms with Crippen LogP contribution in [0, 0.1) is 29.1 Å². The molecular weight excluding hydrogens is 544 g/mol. The number of benzene rings is 2. The lowest BCUT2D eigenvalue weighted by atomic mass is 9.52. The Balaban J connectivity index is 1.44. The van der Waals surface area contributed by atoms with E-state index in [0.29, 0.717) is 29.1 Å². The van der Waals surface area contributed by atoms with Crippen molar-refractivity contribution in [2.45, 2.75) is 77.8 Å². The second kappa shape index (κ2) is 12.6. The molecule has 2 bridgehead atoms. The first-order chi connectivity index (χ1) is 20.5. The number of amides is 2. The maximum absolute atomic E-state index is 14.2. The monoisotopic (exact) mass is 592 g/mol. The number of fused-ring (bicyclic) bond motifs is 3. The number of rotatable bonds is 9. The molecule has 1 saturated heterocycles. The number of hydrogen-bond donors (Lipinski definition) is 4. The second-order valence-corrected chi connectivity index (χ2v) is 13.4. The van der Waals surface area contributed by atoms with Crippen LogP contribution in [0.5, 0.6) is 5.75 Å². The lowest BCUT2D eigenvalue weighted by Crippen LogP contribution is -2.60. The summed E-state index contributed by atoms with van der Waals surface area (Å²) >= 11 is 0. The largest absolute Gasteiger partial charge is 0.496 e. The van der Waals surface area contributed by atoms with Crippen LogP contribution in [0.15, 0.2) is 42.5 Å². The van der Waals surface area contributed by atoms with Gasteiger partial charge in [0.05, 0.1) is 25.9 Å². The number of aliphatic hydroxyl groups excluding tert-OH is 1. The van der Waals surface area contributed by atoms with Crippen molar-refractivity contribution in [3.63, 3.8) is 0 Å². The van der Waals surface area contributed by atoms with E-state index >= 15 is 0 Å². The zero-order valence-corrected chi connectivity index (χ0v) is 26.3. The molecule has 2 amide bonds. The Labute approximate surface area is 255 Å². The van der Waals surface area contributed by atoms with Crippen molar-refractivity contribution in [2.75, 3.05) is 20.7 Å². The van der Waals surface area contributed by atoms with Crippen molar-refractivity contribution < 1.29 is 24.3 Å². The van der Waals surface area contributed by atoms with Gasteiger partial charge in [-0.2, -0.15) is 5.06 Å². The van der Waals surface area contributed by atoms with E-state index in [1.807, 2.05) is 36.4 Å². The molecule has 0 spiro atoms. The first-order valence-electron chi connectivity index (χ1n) is 15.6. The van der Waals surface area contributed by atoms with Crippen molar-refractivity contribution in [3.05, 3.63) is 53.6 Å². The third kappa shape index (κ3) is 5.92. The van der Waals surface area contributed by atoms with Gasteiger partial charge in [0.15, 0.2) is 0 Å². The van der Waals surface area contributed by atoms with Crippen LogP contribution in [0.2, 0.25) is 0 Å².